The van der Waals surface area contributed by atoms with Crippen LogP contribution < -0.4 is 29.0 Å². The van der Waals surface area contributed by atoms with Gasteiger partial charge < -0.3 is 29.0 Å². The van der Waals surface area contributed by atoms with Gasteiger partial charge in [-0.25, -0.2) is 14.1 Å². The van der Waals surface area contributed by atoms with Gasteiger partial charge in [0.25, 0.3) is 5.91 Å². The molecule has 0 spiro atoms. The van der Waals surface area contributed by atoms with Gasteiger partial charge in [0.1, 0.15) is 17.3 Å². The number of hydrogen-bond donors (Lipinski definition) is 1. The number of fused-ring (bicyclic) bond motifs is 1. The summed E-state index contributed by atoms with van der Waals surface area (Å²) in [6.45, 7) is 2.10. The molecule has 0 radical (unpaired) electrons. The highest BCUT2D eigenvalue weighted by Crippen LogP contribution is 2.37. The lowest BCUT2D eigenvalue weighted by Gasteiger charge is -2.12. The zero-order valence-electron chi connectivity index (χ0n) is 22.7. The van der Waals surface area contributed by atoms with E-state index in [1.807, 2.05) is 0 Å². The molecule has 0 atom stereocenters. The molecule has 0 aliphatic rings. The van der Waals surface area contributed by atoms with Crippen LogP contribution in [0, 0.1) is 5.82 Å². The summed E-state index contributed by atoms with van der Waals surface area (Å²) in [5.41, 5.74) is 1.19. The van der Waals surface area contributed by atoms with Crippen LogP contribution >= 0.6 is 0 Å². The van der Waals surface area contributed by atoms with Crippen molar-refractivity contribution in [2.45, 2.75) is 6.92 Å². The predicted molar refractivity (Wildman–Crippen MR) is 148 cm³/mol. The fraction of sp³-hybridized carbons (Fsp3) is 0.172. The van der Waals surface area contributed by atoms with Gasteiger partial charge in [-0.1, -0.05) is 0 Å². The number of anilines is 1. The van der Waals surface area contributed by atoms with Crippen molar-refractivity contribution in [3.63, 3.8) is 0 Å². The molecule has 12 heteroatoms. The molecule has 5 aromatic rings. The monoisotopic (exact) mass is 559 g/mol. The lowest BCUT2D eigenvalue weighted by molar-refractivity contribution is 0.101. The Balaban J connectivity index is 1.35. The molecule has 0 unspecified atom stereocenters. The Morgan fingerprint density at radius 1 is 0.902 bits per heavy atom. The van der Waals surface area contributed by atoms with Crippen LogP contribution in [0.25, 0.3) is 16.6 Å². The van der Waals surface area contributed by atoms with Crippen molar-refractivity contribution in [1.29, 1.82) is 0 Å². The normalized spacial score (nSPS) is 10.8. The number of aromatic nitrogens is 4. The summed E-state index contributed by atoms with van der Waals surface area (Å²) >= 11 is 0. The van der Waals surface area contributed by atoms with Crippen LogP contribution in [0.2, 0.25) is 0 Å². The number of nitrogens with zero attached hydrogens (tertiary/aromatic N) is 4. The Labute approximate surface area is 234 Å². The summed E-state index contributed by atoms with van der Waals surface area (Å²) in [6, 6.07) is 12.8. The predicted octanol–water partition coefficient (Wildman–Crippen LogP) is 5.42. The number of carbonyl (C=O) groups is 1. The van der Waals surface area contributed by atoms with Gasteiger partial charge in [-0.05, 0) is 43.3 Å². The van der Waals surface area contributed by atoms with Crippen LogP contribution in [-0.4, -0.2) is 53.6 Å². The summed E-state index contributed by atoms with van der Waals surface area (Å²) in [4.78, 5) is 21.8. The second-order valence-electron chi connectivity index (χ2n) is 8.51. The zero-order chi connectivity index (χ0) is 28.9. The Hall–Kier alpha value is -5.39. The minimum absolute atomic E-state index is 0.0323. The molecule has 0 saturated heterocycles. The lowest BCUT2D eigenvalue weighted by atomic mass is 10.2. The van der Waals surface area contributed by atoms with Crippen molar-refractivity contribution in [3.05, 3.63) is 78.6 Å². The summed E-state index contributed by atoms with van der Waals surface area (Å²) in [7, 11) is 4.48. The largest absolute Gasteiger partial charge is 0.494 e. The van der Waals surface area contributed by atoms with Crippen molar-refractivity contribution in [2.24, 2.45) is 0 Å². The highest BCUT2D eigenvalue weighted by atomic mass is 19.1. The molecule has 210 valence electrons. The molecule has 2 aromatic carbocycles. The summed E-state index contributed by atoms with van der Waals surface area (Å²) < 4.78 is 42.8. The van der Waals surface area contributed by atoms with Crippen LogP contribution in [0.5, 0.6) is 34.5 Å². The van der Waals surface area contributed by atoms with E-state index in [0.29, 0.717) is 40.8 Å². The third kappa shape index (κ3) is 5.66. The number of rotatable bonds is 10. The number of amides is 1. The van der Waals surface area contributed by atoms with Crippen molar-refractivity contribution >= 4 is 22.6 Å². The maximum atomic E-state index is 13.9. The highest BCUT2D eigenvalue weighted by molar-refractivity contribution is 6.04. The van der Waals surface area contributed by atoms with Gasteiger partial charge in [0.2, 0.25) is 0 Å². The van der Waals surface area contributed by atoms with Crippen LogP contribution in [0.4, 0.5) is 10.2 Å². The van der Waals surface area contributed by atoms with Gasteiger partial charge in [0.05, 0.1) is 51.5 Å². The van der Waals surface area contributed by atoms with E-state index in [1.165, 1.54) is 36.2 Å². The maximum Gasteiger partial charge on any atom is 0.281 e. The van der Waals surface area contributed by atoms with E-state index in [1.54, 1.807) is 63.9 Å². The standard InChI is InChI=1S/C29H26FN5O6/c1-5-40-26-16-35(17-6-8-20(30)23(12-17)37-2)34-28(26)29(36)33-27-9-7-18(15-32-27)41-22-10-11-31-21-14-25(39-4)24(38-3)13-19(21)22/h6-16H,5H2,1-4H3,(H,32,33,36). The lowest BCUT2D eigenvalue weighted by Crippen LogP contribution is -2.15. The number of ether oxygens (including phenoxy) is 5. The third-order valence-electron chi connectivity index (χ3n) is 6.01. The molecule has 1 amide bonds. The molecule has 5 rings (SSSR count). The molecule has 41 heavy (non-hydrogen) atoms. The summed E-state index contributed by atoms with van der Waals surface area (Å²) in [5.74, 6) is 1.60. The first kappa shape index (κ1) is 27.2. The second-order valence-corrected chi connectivity index (χ2v) is 8.51. The minimum atomic E-state index is -0.538. The van der Waals surface area contributed by atoms with Crippen LogP contribution in [0.15, 0.2) is 67.1 Å². The number of benzene rings is 2. The van der Waals surface area contributed by atoms with Crippen molar-refractivity contribution in [1.82, 2.24) is 19.7 Å². The number of carbonyl (C=O) groups excluding carboxylic acids is 1. The second kappa shape index (κ2) is 11.8. The van der Waals surface area contributed by atoms with E-state index in [2.05, 4.69) is 20.4 Å². The van der Waals surface area contributed by atoms with Gasteiger partial charge >= 0.3 is 0 Å². The summed E-state index contributed by atoms with van der Waals surface area (Å²) in [6.07, 6.45) is 4.65. The molecule has 11 nitrogen and oxygen atoms in total. The van der Waals surface area contributed by atoms with E-state index in [4.69, 9.17) is 23.7 Å². The third-order valence-corrected chi connectivity index (χ3v) is 6.01. The molecule has 0 aliphatic carbocycles. The van der Waals surface area contributed by atoms with E-state index in [-0.39, 0.29) is 23.0 Å². The van der Waals surface area contributed by atoms with Gasteiger partial charge in [-0.3, -0.25) is 9.78 Å². The molecular formula is C29H26FN5O6. The molecule has 3 aromatic heterocycles. The topological polar surface area (TPSA) is 119 Å². The Kier molecular flexibility index (Phi) is 7.81. The smallest absolute Gasteiger partial charge is 0.281 e. The summed E-state index contributed by atoms with van der Waals surface area (Å²) in [5, 5.41) is 7.79. The highest BCUT2D eigenvalue weighted by Gasteiger charge is 2.20. The minimum Gasteiger partial charge on any atom is -0.494 e. The first-order valence-corrected chi connectivity index (χ1v) is 12.5. The molecule has 0 bridgehead atoms. The fourth-order valence-corrected chi connectivity index (χ4v) is 4.05. The Morgan fingerprint density at radius 3 is 2.39 bits per heavy atom. The number of pyridine rings is 2. The Bertz CT molecular complexity index is 1710. The van der Waals surface area contributed by atoms with Crippen molar-refractivity contribution in [2.75, 3.05) is 33.3 Å². The molecule has 1 N–H and O–H groups in total. The average Bonchev–Trinajstić information content (AvgIpc) is 3.42. The Morgan fingerprint density at radius 2 is 1.68 bits per heavy atom. The van der Waals surface area contributed by atoms with Gasteiger partial charge in [-0.15, -0.1) is 0 Å². The van der Waals surface area contributed by atoms with Gasteiger partial charge in [-0.2, -0.15) is 5.10 Å². The zero-order valence-corrected chi connectivity index (χ0v) is 22.7. The average molecular weight is 560 g/mol. The van der Waals surface area contributed by atoms with E-state index < -0.39 is 11.7 Å². The van der Waals surface area contributed by atoms with Crippen molar-refractivity contribution in [3.8, 4) is 40.2 Å². The van der Waals surface area contributed by atoms with Crippen LogP contribution in [0.3, 0.4) is 0 Å². The first-order valence-electron chi connectivity index (χ1n) is 12.5. The molecule has 3 heterocycles. The van der Waals surface area contributed by atoms with E-state index >= 15 is 0 Å². The van der Waals surface area contributed by atoms with E-state index in [9.17, 15) is 9.18 Å². The van der Waals surface area contributed by atoms with Gasteiger partial charge in [0.15, 0.2) is 34.5 Å². The molecule has 0 saturated carbocycles. The molecule has 0 aliphatic heterocycles. The maximum absolute atomic E-state index is 13.9. The molecular weight excluding hydrogens is 533 g/mol. The number of methoxy groups -OCH3 is 3. The SMILES string of the molecule is CCOc1cn(-c2ccc(F)c(OC)c2)nc1C(=O)Nc1ccc(Oc2ccnc3cc(OC)c(OC)cc23)cn1. The van der Waals surface area contributed by atoms with Crippen molar-refractivity contribution < 1.29 is 32.9 Å². The number of halogens is 1. The number of nitrogens with one attached hydrogen (secondary N) is 1. The first-order chi connectivity index (χ1) is 19.9. The van der Waals surface area contributed by atoms with Crippen LogP contribution in [0.1, 0.15) is 17.4 Å². The fourth-order valence-electron chi connectivity index (χ4n) is 4.05. The number of hydrogen-bond acceptors (Lipinski definition) is 9. The van der Waals surface area contributed by atoms with Gasteiger partial charge in [0, 0.05) is 23.7 Å². The molecule has 0 fully saturated rings. The quantitative estimate of drug-likeness (QED) is 0.239. The van der Waals surface area contributed by atoms with E-state index in [0.717, 1.165) is 5.39 Å². The van der Waals surface area contributed by atoms with Crippen LogP contribution in [-0.2, 0) is 0 Å².